The van der Waals surface area contributed by atoms with Crippen molar-refractivity contribution < 1.29 is 9.90 Å². The Balaban J connectivity index is 2.83. The number of carboxylic acid groups (broad SMARTS) is 1. The first-order valence-corrected chi connectivity index (χ1v) is 5.22. The summed E-state index contributed by atoms with van der Waals surface area (Å²) in [5, 5.41) is 8.64. The molecule has 0 radical (unpaired) electrons. The number of carboxylic acids is 1. The molecule has 0 aliphatic carbocycles. The molecule has 1 rings (SSSR count). The first-order chi connectivity index (χ1) is 7.41. The van der Waals surface area contributed by atoms with Gasteiger partial charge in [-0.1, -0.05) is 18.2 Å². The fourth-order valence-electron chi connectivity index (χ4n) is 1.55. The largest absolute Gasteiger partial charge is 0.481 e. The Kier molecular flexibility index (Phi) is 4.04. The molecule has 1 aromatic carbocycles. The molecule has 2 unspecified atom stereocenters. The number of nitrogens with two attached hydrogens (primary N) is 2. The number of rotatable bonds is 4. The number of hydrogen-bond acceptors (Lipinski definition) is 3. The minimum atomic E-state index is -0.924. The standard InChI is InChI=1S/C12H18N2O2/c1-7-3-4-9(5-8(7)2)12(14)10(13)6-11(15)16/h3-5,10,12H,6,13-14H2,1-2H3,(H,15,16). The molecule has 0 saturated carbocycles. The average molecular weight is 222 g/mol. The SMILES string of the molecule is Cc1ccc(C(N)C(N)CC(=O)O)cc1C. The molecule has 16 heavy (non-hydrogen) atoms. The summed E-state index contributed by atoms with van der Waals surface area (Å²) >= 11 is 0. The van der Waals surface area contributed by atoms with Gasteiger partial charge in [0.25, 0.3) is 0 Å². The van der Waals surface area contributed by atoms with Crippen LogP contribution in [0.3, 0.4) is 0 Å². The van der Waals surface area contributed by atoms with Crippen molar-refractivity contribution in [3.8, 4) is 0 Å². The van der Waals surface area contributed by atoms with Gasteiger partial charge < -0.3 is 16.6 Å². The van der Waals surface area contributed by atoms with Gasteiger partial charge in [-0.15, -0.1) is 0 Å². The van der Waals surface area contributed by atoms with Crippen LogP contribution in [0.2, 0.25) is 0 Å². The third-order valence-electron chi connectivity index (χ3n) is 2.79. The summed E-state index contributed by atoms with van der Waals surface area (Å²) in [6.45, 7) is 4.01. The molecule has 88 valence electrons. The molecule has 0 saturated heterocycles. The molecule has 0 spiro atoms. The van der Waals surface area contributed by atoms with E-state index in [9.17, 15) is 4.79 Å². The van der Waals surface area contributed by atoms with Crippen LogP contribution in [0, 0.1) is 13.8 Å². The minimum absolute atomic E-state index is 0.117. The third kappa shape index (κ3) is 3.05. The lowest BCUT2D eigenvalue weighted by Gasteiger charge is -2.19. The maximum Gasteiger partial charge on any atom is 0.304 e. The van der Waals surface area contributed by atoms with E-state index < -0.39 is 18.1 Å². The smallest absolute Gasteiger partial charge is 0.304 e. The van der Waals surface area contributed by atoms with Gasteiger partial charge in [-0.2, -0.15) is 0 Å². The van der Waals surface area contributed by atoms with Crippen LogP contribution < -0.4 is 11.5 Å². The maximum absolute atomic E-state index is 10.5. The molecule has 4 nitrogen and oxygen atoms in total. The molecule has 0 fully saturated rings. The van der Waals surface area contributed by atoms with Gasteiger partial charge >= 0.3 is 5.97 Å². The first-order valence-electron chi connectivity index (χ1n) is 5.22. The second-order valence-corrected chi connectivity index (χ2v) is 4.13. The molecule has 0 aliphatic heterocycles. The maximum atomic E-state index is 10.5. The second kappa shape index (κ2) is 5.09. The van der Waals surface area contributed by atoms with Crippen molar-refractivity contribution in [1.82, 2.24) is 0 Å². The van der Waals surface area contributed by atoms with Gasteiger partial charge in [0, 0.05) is 12.1 Å². The Morgan fingerprint density at radius 1 is 1.31 bits per heavy atom. The molecule has 0 amide bonds. The van der Waals surface area contributed by atoms with E-state index in [1.807, 2.05) is 32.0 Å². The van der Waals surface area contributed by atoms with Crippen molar-refractivity contribution in [2.45, 2.75) is 32.4 Å². The molecular formula is C12H18N2O2. The molecule has 0 heterocycles. The van der Waals surface area contributed by atoms with Gasteiger partial charge in [-0.25, -0.2) is 0 Å². The predicted octanol–water partition coefficient (Wildman–Crippen LogP) is 1.11. The van der Waals surface area contributed by atoms with Crippen LogP contribution in [0.15, 0.2) is 18.2 Å². The van der Waals surface area contributed by atoms with Crippen molar-refractivity contribution in [2.24, 2.45) is 11.5 Å². The summed E-state index contributed by atoms with van der Waals surface area (Å²) in [6, 6.07) is 4.84. The van der Waals surface area contributed by atoms with Gasteiger partial charge in [-0.05, 0) is 30.5 Å². The van der Waals surface area contributed by atoms with Gasteiger partial charge in [0.15, 0.2) is 0 Å². The van der Waals surface area contributed by atoms with Crippen molar-refractivity contribution in [1.29, 1.82) is 0 Å². The summed E-state index contributed by atoms with van der Waals surface area (Å²) in [5.74, 6) is -0.924. The van der Waals surface area contributed by atoms with Crippen LogP contribution in [-0.2, 0) is 4.79 Å². The predicted molar refractivity (Wildman–Crippen MR) is 63.1 cm³/mol. The second-order valence-electron chi connectivity index (χ2n) is 4.13. The lowest BCUT2D eigenvalue weighted by atomic mass is 9.95. The van der Waals surface area contributed by atoms with Crippen LogP contribution in [0.4, 0.5) is 0 Å². The molecule has 4 heteroatoms. The zero-order valence-corrected chi connectivity index (χ0v) is 9.60. The Bertz CT molecular complexity index is 391. The minimum Gasteiger partial charge on any atom is -0.481 e. The number of benzene rings is 1. The molecular weight excluding hydrogens is 204 g/mol. The monoisotopic (exact) mass is 222 g/mol. The number of aliphatic carboxylic acids is 1. The summed E-state index contributed by atoms with van der Waals surface area (Å²) < 4.78 is 0. The highest BCUT2D eigenvalue weighted by atomic mass is 16.4. The Hall–Kier alpha value is -1.39. The lowest BCUT2D eigenvalue weighted by molar-refractivity contribution is -0.137. The highest BCUT2D eigenvalue weighted by molar-refractivity contribution is 5.67. The van der Waals surface area contributed by atoms with Crippen LogP contribution in [-0.4, -0.2) is 17.1 Å². The summed E-state index contributed by atoms with van der Waals surface area (Å²) in [7, 11) is 0. The highest BCUT2D eigenvalue weighted by Gasteiger charge is 2.18. The van der Waals surface area contributed by atoms with E-state index in [0.717, 1.165) is 11.1 Å². The highest BCUT2D eigenvalue weighted by Crippen LogP contribution is 2.18. The topological polar surface area (TPSA) is 89.3 Å². The zero-order chi connectivity index (χ0) is 12.3. The molecule has 5 N–H and O–H groups in total. The number of carbonyl (C=O) groups is 1. The van der Waals surface area contributed by atoms with E-state index in [1.165, 1.54) is 5.56 Å². The quantitative estimate of drug-likeness (QED) is 0.711. The molecule has 0 bridgehead atoms. The van der Waals surface area contributed by atoms with E-state index in [1.54, 1.807) is 0 Å². The molecule has 0 aromatic heterocycles. The zero-order valence-electron chi connectivity index (χ0n) is 9.60. The van der Waals surface area contributed by atoms with Crippen LogP contribution in [0.5, 0.6) is 0 Å². The normalized spacial score (nSPS) is 14.5. The van der Waals surface area contributed by atoms with Crippen molar-refractivity contribution >= 4 is 5.97 Å². The Labute approximate surface area is 95.3 Å². The van der Waals surface area contributed by atoms with Crippen molar-refractivity contribution in [2.75, 3.05) is 0 Å². The van der Waals surface area contributed by atoms with Crippen molar-refractivity contribution in [3.05, 3.63) is 34.9 Å². The Morgan fingerprint density at radius 2 is 1.94 bits per heavy atom. The summed E-state index contributed by atoms with van der Waals surface area (Å²) in [5.41, 5.74) is 14.9. The first kappa shape index (κ1) is 12.7. The van der Waals surface area contributed by atoms with E-state index in [0.29, 0.717) is 0 Å². The number of hydrogen-bond donors (Lipinski definition) is 3. The molecule has 1 aromatic rings. The van der Waals surface area contributed by atoms with E-state index in [4.69, 9.17) is 16.6 Å². The molecule has 2 atom stereocenters. The van der Waals surface area contributed by atoms with Crippen molar-refractivity contribution in [3.63, 3.8) is 0 Å². The van der Waals surface area contributed by atoms with Gasteiger partial charge in [-0.3, -0.25) is 4.79 Å². The van der Waals surface area contributed by atoms with E-state index in [2.05, 4.69) is 0 Å². The van der Waals surface area contributed by atoms with Crippen LogP contribution in [0.1, 0.15) is 29.2 Å². The van der Waals surface area contributed by atoms with E-state index >= 15 is 0 Å². The summed E-state index contributed by atoms with van der Waals surface area (Å²) in [4.78, 5) is 10.5. The fourth-order valence-corrected chi connectivity index (χ4v) is 1.55. The average Bonchev–Trinajstić information content (AvgIpc) is 2.20. The van der Waals surface area contributed by atoms with Gasteiger partial charge in [0.1, 0.15) is 0 Å². The number of aryl methyl sites for hydroxylation is 2. The summed E-state index contributed by atoms with van der Waals surface area (Å²) in [6.07, 6.45) is -0.117. The lowest BCUT2D eigenvalue weighted by Crippen LogP contribution is -2.36. The van der Waals surface area contributed by atoms with Gasteiger partial charge in [0.2, 0.25) is 0 Å². The van der Waals surface area contributed by atoms with Crippen LogP contribution >= 0.6 is 0 Å². The molecule has 0 aliphatic rings. The van der Waals surface area contributed by atoms with Gasteiger partial charge in [0.05, 0.1) is 6.42 Å². The van der Waals surface area contributed by atoms with E-state index in [-0.39, 0.29) is 6.42 Å². The fraction of sp³-hybridized carbons (Fsp3) is 0.417. The van der Waals surface area contributed by atoms with Crippen LogP contribution in [0.25, 0.3) is 0 Å². The Morgan fingerprint density at radius 3 is 2.44 bits per heavy atom. The third-order valence-corrected chi connectivity index (χ3v) is 2.79.